The van der Waals surface area contributed by atoms with E-state index in [0.717, 1.165) is 12.8 Å². The van der Waals surface area contributed by atoms with Gasteiger partial charge < -0.3 is 24.2 Å². The summed E-state index contributed by atoms with van der Waals surface area (Å²) in [7, 11) is 1.74. The van der Waals surface area contributed by atoms with E-state index < -0.39 is 40.6 Å². The Bertz CT molecular complexity index is 1830. The van der Waals surface area contributed by atoms with Crippen LogP contribution < -0.4 is 0 Å². The Labute approximate surface area is 320 Å². The zero-order valence-corrected chi connectivity index (χ0v) is 31.3. The molecule has 0 unspecified atom stereocenters. The minimum atomic E-state index is -5.10. The molecule has 2 heterocycles. The first-order chi connectivity index (χ1) is 25.5. The minimum absolute atomic E-state index is 0.00192. The number of alkyl halides is 6. The summed E-state index contributed by atoms with van der Waals surface area (Å²) >= 11 is 12.7. The van der Waals surface area contributed by atoms with Gasteiger partial charge in [0.15, 0.2) is 0 Å². The molecule has 54 heavy (non-hydrogen) atoms. The van der Waals surface area contributed by atoms with Gasteiger partial charge in [0, 0.05) is 37.7 Å². The lowest BCUT2D eigenvalue weighted by Gasteiger charge is -2.46. The number of amides is 2. The highest BCUT2D eigenvalue weighted by Gasteiger charge is 2.50. The fourth-order valence-corrected chi connectivity index (χ4v) is 8.30. The molecule has 6 rings (SSSR count). The second kappa shape index (κ2) is 15.6. The van der Waals surface area contributed by atoms with Crippen LogP contribution in [0, 0.1) is 0 Å². The summed E-state index contributed by atoms with van der Waals surface area (Å²) in [6.45, 7) is 4.11. The van der Waals surface area contributed by atoms with Crippen LogP contribution in [0.15, 0.2) is 60.7 Å². The molecular formula is C39H41Cl2F6N3O4. The van der Waals surface area contributed by atoms with Gasteiger partial charge in [-0.2, -0.15) is 26.3 Å². The number of benzene rings is 3. The maximum absolute atomic E-state index is 13.8. The van der Waals surface area contributed by atoms with Gasteiger partial charge in [0.05, 0.1) is 40.4 Å². The molecule has 0 aromatic heterocycles. The quantitative estimate of drug-likeness (QED) is 0.204. The molecule has 2 atom stereocenters. The molecule has 3 aromatic carbocycles. The topological polar surface area (TPSA) is 62.3 Å². The third kappa shape index (κ3) is 8.26. The van der Waals surface area contributed by atoms with Crippen molar-refractivity contribution >= 4 is 35.0 Å². The Morgan fingerprint density at radius 2 is 1.59 bits per heavy atom. The molecule has 2 aliphatic heterocycles. The normalized spacial score (nSPS) is 21.7. The lowest BCUT2D eigenvalue weighted by molar-refractivity contribution is -0.143. The van der Waals surface area contributed by atoms with Gasteiger partial charge in [0.25, 0.3) is 5.91 Å². The number of piperidine rings is 1. The fraction of sp³-hybridized carbons (Fsp3) is 0.487. The van der Waals surface area contributed by atoms with Crippen molar-refractivity contribution in [2.45, 2.75) is 62.1 Å². The molecule has 0 saturated carbocycles. The van der Waals surface area contributed by atoms with Gasteiger partial charge in [0.2, 0.25) is 5.91 Å². The summed E-state index contributed by atoms with van der Waals surface area (Å²) in [5, 5.41) is 0.503. The Hall–Kier alpha value is -3.36. The van der Waals surface area contributed by atoms with E-state index in [0.29, 0.717) is 56.7 Å². The van der Waals surface area contributed by atoms with Crippen LogP contribution in [-0.4, -0.2) is 92.1 Å². The molecule has 0 radical (unpaired) electrons. The highest BCUT2D eigenvalue weighted by atomic mass is 35.5. The van der Waals surface area contributed by atoms with E-state index >= 15 is 0 Å². The molecule has 292 valence electrons. The Balaban J connectivity index is 1.23. The van der Waals surface area contributed by atoms with Crippen LogP contribution in [0.25, 0.3) is 0 Å². The summed E-state index contributed by atoms with van der Waals surface area (Å²) in [5.74, 6) is -1.06. The second-order valence-electron chi connectivity index (χ2n) is 14.3. The van der Waals surface area contributed by atoms with E-state index in [-0.39, 0.29) is 59.8 Å². The molecular weight excluding hydrogens is 759 g/mol. The van der Waals surface area contributed by atoms with Crippen LogP contribution in [0.1, 0.15) is 64.4 Å². The third-order valence-electron chi connectivity index (χ3n) is 11.2. The number of ether oxygens (including phenoxy) is 2. The van der Waals surface area contributed by atoms with Gasteiger partial charge in [-0.25, -0.2) is 0 Å². The summed E-state index contributed by atoms with van der Waals surface area (Å²) in [4.78, 5) is 31.6. The van der Waals surface area contributed by atoms with Gasteiger partial charge in [-0.05, 0) is 92.7 Å². The lowest BCUT2D eigenvalue weighted by atomic mass is 9.72. The predicted octanol–water partition coefficient (Wildman–Crippen LogP) is 8.24. The second-order valence-corrected chi connectivity index (χ2v) is 15.1. The first-order valence-electron chi connectivity index (χ1n) is 17.8. The number of fused-ring (bicyclic) bond motifs is 2. The van der Waals surface area contributed by atoms with Gasteiger partial charge in [-0.15, -0.1) is 0 Å². The zero-order valence-electron chi connectivity index (χ0n) is 29.8. The van der Waals surface area contributed by atoms with E-state index in [1.165, 1.54) is 16.0 Å². The van der Waals surface area contributed by atoms with E-state index in [9.17, 15) is 35.9 Å². The Morgan fingerprint density at radius 3 is 2.22 bits per heavy atom. The average molecular weight is 801 g/mol. The number of likely N-dealkylation sites (tertiary alicyclic amines) is 1. The van der Waals surface area contributed by atoms with Crippen LogP contribution in [0.3, 0.4) is 0 Å². The Morgan fingerprint density at radius 1 is 0.926 bits per heavy atom. The van der Waals surface area contributed by atoms with Crippen LogP contribution in [0.5, 0.6) is 0 Å². The number of hydrogen-bond acceptors (Lipinski definition) is 5. The number of rotatable bonds is 9. The van der Waals surface area contributed by atoms with Crippen molar-refractivity contribution in [3.8, 4) is 0 Å². The van der Waals surface area contributed by atoms with E-state index in [1.807, 2.05) is 19.1 Å². The number of hydrogen-bond donors (Lipinski definition) is 0. The van der Waals surface area contributed by atoms with Crippen molar-refractivity contribution in [1.29, 1.82) is 0 Å². The SMILES string of the molecule is CCN(C)C(=O)CO[C@H]1Cc2ccccc2C12CCN(CC[C@@]1(c3ccc(Cl)c(Cl)c3)CN(C(=O)c3cc(C(F)(F)F)cc(C(F)(F)F)c3)CCO1)CC2. The number of carbonyl (C=O) groups excluding carboxylic acids is 2. The van der Waals surface area contributed by atoms with Crippen LogP contribution in [0.4, 0.5) is 26.3 Å². The maximum atomic E-state index is 13.8. The van der Waals surface area contributed by atoms with Crippen molar-refractivity contribution in [3.05, 3.63) is 104 Å². The molecule has 2 saturated heterocycles. The van der Waals surface area contributed by atoms with Crippen LogP contribution in [0.2, 0.25) is 10.0 Å². The van der Waals surface area contributed by atoms with Crippen molar-refractivity contribution in [1.82, 2.24) is 14.7 Å². The minimum Gasteiger partial charge on any atom is -0.367 e. The molecule has 3 aliphatic rings. The first kappa shape index (κ1) is 40.3. The molecule has 7 nitrogen and oxygen atoms in total. The molecule has 3 aromatic rings. The number of carbonyl (C=O) groups is 2. The van der Waals surface area contributed by atoms with Gasteiger partial charge in [-0.1, -0.05) is 53.5 Å². The van der Waals surface area contributed by atoms with Gasteiger partial charge in [-0.3, -0.25) is 9.59 Å². The number of morpholine rings is 1. The maximum Gasteiger partial charge on any atom is 0.416 e. The molecule has 0 bridgehead atoms. The summed E-state index contributed by atoms with van der Waals surface area (Å²) < 4.78 is 94.8. The highest BCUT2D eigenvalue weighted by Crippen LogP contribution is 2.48. The monoisotopic (exact) mass is 799 g/mol. The molecule has 0 N–H and O–H groups in total. The van der Waals surface area contributed by atoms with Crippen LogP contribution >= 0.6 is 23.2 Å². The van der Waals surface area contributed by atoms with Crippen molar-refractivity contribution in [3.63, 3.8) is 0 Å². The number of likely N-dealkylation sites (N-methyl/N-ethyl adjacent to an activating group) is 1. The summed E-state index contributed by atoms with van der Waals surface area (Å²) in [6, 6.07) is 14.1. The van der Waals surface area contributed by atoms with E-state index in [2.05, 4.69) is 17.0 Å². The third-order valence-corrected chi connectivity index (χ3v) is 12.0. The highest BCUT2D eigenvalue weighted by molar-refractivity contribution is 6.42. The largest absolute Gasteiger partial charge is 0.416 e. The summed E-state index contributed by atoms with van der Waals surface area (Å²) in [6.07, 6.45) is -7.84. The molecule has 1 aliphatic carbocycles. The summed E-state index contributed by atoms with van der Waals surface area (Å²) in [5.41, 5.74) is -2.34. The smallest absolute Gasteiger partial charge is 0.367 e. The van der Waals surface area contributed by atoms with E-state index in [4.69, 9.17) is 32.7 Å². The number of halogens is 8. The standard InChI is InChI=1S/C39H41Cl2F6N3O4/c1-3-48(2)34(51)23-53-33-20-25-6-4-5-7-30(25)36(33)10-13-49(14-11-36)15-12-37(27-8-9-31(40)32(41)22-27)24-50(16-17-54-37)35(52)26-18-28(38(42,43)44)21-29(19-26)39(45,46)47/h4-9,18-19,21-22,33H,3,10-17,20,23-24H2,1-2H3/t33-,37-/m0/s1. The average Bonchev–Trinajstić information content (AvgIpc) is 3.45. The molecule has 1 spiro atoms. The van der Waals surface area contributed by atoms with Crippen molar-refractivity contribution in [2.24, 2.45) is 0 Å². The van der Waals surface area contributed by atoms with Crippen molar-refractivity contribution < 1.29 is 45.4 Å². The van der Waals surface area contributed by atoms with Crippen molar-refractivity contribution in [2.75, 3.05) is 59.5 Å². The van der Waals surface area contributed by atoms with Gasteiger partial charge >= 0.3 is 12.4 Å². The predicted molar refractivity (Wildman–Crippen MR) is 192 cm³/mol. The lowest BCUT2D eigenvalue weighted by Crippen LogP contribution is -2.54. The first-order valence-corrected chi connectivity index (χ1v) is 18.6. The zero-order chi connectivity index (χ0) is 39.1. The molecule has 2 amide bonds. The van der Waals surface area contributed by atoms with Gasteiger partial charge in [0.1, 0.15) is 12.2 Å². The molecule has 2 fully saturated rings. The number of nitrogens with zero attached hydrogens (tertiary/aromatic N) is 3. The van der Waals surface area contributed by atoms with Crippen LogP contribution in [-0.2, 0) is 44.1 Å². The Kier molecular flexibility index (Phi) is 11.7. The van der Waals surface area contributed by atoms with E-state index in [1.54, 1.807) is 30.1 Å². The molecule has 15 heteroatoms. The fourth-order valence-electron chi connectivity index (χ4n) is 8.00.